The third kappa shape index (κ3) is 2.05. The highest BCUT2D eigenvalue weighted by Crippen LogP contribution is 2.21. The molecule has 94 valence electrons. The molecule has 0 aliphatic carbocycles. The second-order valence-electron chi connectivity index (χ2n) is 3.62. The molecule has 0 saturated carbocycles. The summed E-state index contributed by atoms with van der Waals surface area (Å²) >= 11 is 0. The Balaban J connectivity index is 2.53. The van der Waals surface area contributed by atoms with Gasteiger partial charge in [-0.3, -0.25) is 4.57 Å². The van der Waals surface area contributed by atoms with Gasteiger partial charge in [0.1, 0.15) is 0 Å². The highest BCUT2D eigenvalue weighted by molar-refractivity contribution is 5.77. The first-order valence-corrected chi connectivity index (χ1v) is 5.26. The van der Waals surface area contributed by atoms with Crippen molar-refractivity contribution in [3.63, 3.8) is 0 Å². The smallest absolute Gasteiger partial charge is 0.339 e. The van der Waals surface area contributed by atoms with E-state index in [1.54, 1.807) is 24.3 Å². The Hall–Kier alpha value is -2.34. The maximum atomic E-state index is 11.5. The average Bonchev–Trinajstić information content (AvgIpc) is 2.83. The summed E-state index contributed by atoms with van der Waals surface area (Å²) in [4.78, 5) is 25.4. The lowest BCUT2D eigenvalue weighted by Crippen LogP contribution is -2.20. The van der Waals surface area contributed by atoms with E-state index in [0.29, 0.717) is 11.3 Å². The molecule has 2 N–H and O–H groups in total. The Bertz CT molecular complexity index is 614. The van der Waals surface area contributed by atoms with Gasteiger partial charge in [-0.15, -0.1) is 0 Å². The van der Waals surface area contributed by atoms with Gasteiger partial charge < -0.3 is 14.8 Å². The molecule has 6 heteroatoms. The van der Waals surface area contributed by atoms with E-state index in [1.165, 1.54) is 24.1 Å². The van der Waals surface area contributed by atoms with Gasteiger partial charge in [0.25, 0.3) is 0 Å². The summed E-state index contributed by atoms with van der Waals surface area (Å²) in [6.45, 7) is 0. The first-order valence-electron chi connectivity index (χ1n) is 5.26. The van der Waals surface area contributed by atoms with Gasteiger partial charge in [0, 0.05) is 18.0 Å². The Kier molecular flexibility index (Phi) is 3.29. The van der Waals surface area contributed by atoms with E-state index in [4.69, 9.17) is 0 Å². The number of aliphatic hydroxyl groups excluding tert-OH is 1. The van der Waals surface area contributed by atoms with Crippen molar-refractivity contribution in [2.75, 3.05) is 7.11 Å². The maximum Gasteiger partial charge on any atom is 0.339 e. The number of nitrogens with zero attached hydrogens (tertiary/aromatic N) is 1. The minimum absolute atomic E-state index is 0.311. The van der Waals surface area contributed by atoms with Crippen molar-refractivity contribution in [1.82, 2.24) is 9.55 Å². The summed E-state index contributed by atoms with van der Waals surface area (Å²) < 4.78 is 5.79. The number of nitrogens with one attached hydrogen (secondary N) is 1. The van der Waals surface area contributed by atoms with Gasteiger partial charge in [-0.25, -0.2) is 9.59 Å². The normalized spacial score (nSPS) is 12.1. The molecule has 2 aromatic rings. The van der Waals surface area contributed by atoms with Crippen LogP contribution in [0.1, 0.15) is 11.7 Å². The molecular weight excluding hydrogens is 236 g/mol. The number of methoxy groups -OCH3 is 1. The van der Waals surface area contributed by atoms with Crippen molar-refractivity contribution in [3.8, 4) is 5.69 Å². The van der Waals surface area contributed by atoms with Crippen molar-refractivity contribution in [1.29, 1.82) is 0 Å². The van der Waals surface area contributed by atoms with E-state index in [1.807, 2.05) is 0 Å². The number of aliphatic hydroxyl groups is 1. The summed E-state index contributed by atoms with van der Waals surface area (Å²) in [5.41, 5.74) is 0.396. The molecule has 1 aromatic carbocycles. The number of para-hydroxylation sites is 1. The number of hydrogen-bond acceptors (Lipinski definition) is 4. The van der Waals surface area contributed by atoms with Crippen LogP contribution in [0.25, 0.3) is 5.69 Å². The second-order valence-corrected chi connectivity index (χ2v) is 3.62. The fourth-order valence-corrected chi connectivity index (χ4v) is 1.69. The number of carbonyl (C=O) groups is 1. The fourth-order valence-electron chi connectivity index (χ4n) is 1.69. The standard InChI is InChI=1S/C12H12N2O4/c1-18-11(16)10(15)8-4-2-3-5-9(8)14-7-6-13-12(14)17/h2-7,10,15H,1H3,(H,13,17). The molecule has 0 aliphatic rings. The van der Waals surface area contributed by atoms with Gasteiger partial charge in [0.2, 0.25) is 0 Å². The van der Waals surface area contributed by atoms with Crippen molar-refractivity contribution in [2.24, 2.45) is 0 Å². The van der Waals surface area contributed by atoms with Crippen LogP contribution in [0, 0.1) is 0 Å². The minimum Gasteiger partial charge on any atom is -0.467 e. The Morgan fingerprint density at radius 1 is 1.44 bits per heavy atom. The number of carbonyl (C=O) groups excluding carboxylic acids is 1. The van der Waals surface area contributed by atoms with Crippen LogP contribution in [-0.4, -0.2) is 27.7 Å². The van der Waals surface area contributed by atoms with Crippen molar-refractivity contribution >= 4 is 5.97 Å². The molecular formula is C12H12N2O4. The number of aromatic amines is 1. The third-order valence-electron chi connectivity index (χ3n) is 2.56. The van der Waals surface area contributed by atoms with Gasteiger partial charge in [-0.2, -0.15) is 0 Å². The van der Waals surface area contributed by atoms with E-state index >= 15 is 0 Å². The van der Waals surface area contributed by atoms with Crippen molar-refractivity contribution in [2.45, 2.75) is 6.10 Å². The molecule has 6 nitrogen and oxygen atoms in total. The van der Waals surface area contributed by atoms with Crippen molar-refractivity contribution in [3.05, 3.63) is 52.7 Å². The van der Waals surface area contributed by atoms with Gasteiger partial charge in [0.15, 0.2) is 6.10 Å². The monoisotopic (exact) mass is 248 g/mol. The predicted octanol–water partition coefficient (Wildman–Crippen LogP) is 0.372. The highest BCUT2D eigenvalue weighted by Gasteiger charge is 2.21. The number of hydrogen-bond donors (Lipinski definition) is 2. The lowest BCUT2D eigenvalue weighted by molar-refractivity contribution is -0.150. The summed E-state index contributed by atoms with van der Waals surface area (Å²) in [6, 6.07) is 6.58. The lowest BCUT2D eigenvalue weighted by Gasteiger charge is -2.13. The first-order chi connectivity index (χ1) is 8.65. The van der Waals surface area contributed by atoms with E-state index in [-0.39, 0.29) is 5.69 Å². The molecule has 0 bridgehead atoms. The number of H-pyrrole nitrogens is 1. The van der Waals surface area contributed by atoms with Crippen LogP contribution in [-0.2, 0) is 9.53 Å². The first kappa shape index (κ1) is 12.1. The zero-order valence-corrected chi connectivity index (χ0v) is 9.66. The number of esters is 1. The van der Waals surface area contributed by atoms with Gasteiger partial charge >= 0.3 is 11.7 Å². The average molecular weight is 248 g/mol. The number of imidazole rings is 1. The van der Waals surface area contributed by atoms with E-state index < -0.39 is 12.1 Å². The van der Waals surface area contributed by atoms with E-state index in [0.717, 1.165) is 0 Å². The third-order valence-corrected chi connectivity index (χ3v) is 2.56. The second kappa shape index (κ2) is 4.89. The molecule has 1 unspecified atom stereocenters. The van der Waals surface area contributed by atoms with Crippen LogP contribution in [0.5, 0.6) is 0 Å². The number of rotatable bonds is 3. The van der Waals surface area contributed by atoms with Crippen LogP contribution in [0.4, 0.5) is 0 Å². The summed E-state index contributed by atoms with van der Waals surface area (Å²) in [5, 5.41) is 9.86. The van der Waals surface area contributed by atoms with Gasteiger partial charge in [-0.05, 0) is 6.07 Å². The largest absolute Gasteiger partial charge is 0.467 e. The maximum absolute atomic E-state index is 11.5. The zero-order chi connectivity index (χ0) is 13.1. The molecule has 1 heterocycles. The van der Waals surface area contributed by atoms with Crippen LogP contribution in [0.15, 0.2) is 41.5 Å². The zero-order valence-electron chi connectivity index (χ0n) is 9.66. The lowest BCUT2D eigenvalue weighted by atomic mass is 10.1. The Morgan fingerprint density at radius 2 is 2.17 bits per heavy atom. The molecule has 0 radical (unpaired) electrons. The molecule has 0 aliphatic heterocycles. The number of aromatic nitrogens is 2. The minimum atomic E-state index is -1.42. The molecule has 0 saturated heterocycles. The fraction of sp³-hybridized carbons (Fsp3) is 0.167. The van der Waals surface area contributed by atoms with Gasteiger partial charge in [0.05, 0.1) is 12.8 Å². The molecule has 1 atom stereocenters. The predicted molar refractivity (Wildman–Crippen MR) is 63.4 cm³/mol. The molecule has 18 heavy (non-hydrogen) atoms. The SMILES string of the molecule is COC(=O)C(O)c1ccccc1-n1cc[nH]c1=O. The van der Waals surface area contributed by atoms with Gasteiger partial charge in [-0.1, -0.05) is 18.2 Å². The van der Waals surface area contributed by atoms with Crippen molar-refractivity contribution < 1.29 is 14.6 Å². The summed E-state index contributed by atoms with van der Waals surface area (Å²) in [7, 11) is 1.19. The van der Waals surface area contributed by atoms with E-state index in [2.05, 4.69) is 9.72 Å². The highest BCUT2D eigenvalue weighted by atomic mass is 16.5. The molecule has 2 rings (SSSR count). The van der Waals surface area contributed by atoms with Crippen LogP contribution < -0.4 is 5.69 Å². The van der Waals surface area contributed by atoms with E-state index in [9.17, 15) is 14.7 Å². The van der Waals surface area contributed by atoms with Crippen LogP contribution >= 0.6 is 0 Å². The Labute approximate surface area is 102 Å². The topological polar surface area (TPSA) is 84.3 Å². The summed E-state index contributed by atoms with van der Waals surface area (Å²) in [5.74, 6) is -0.772. The Morgan fingerprint density at radius 3 is 2.78 bits per heavy atom. The van der Waals surface area contributed by atoms with Crippen LogP contribution in [0.2, 0.25) is 0 Å². The van der Waals surface area contributed by atoms with Crippen LogP contribution in [0.3, 0.4) is 0 Å². The quantitative estimate of drug-likeness (QED) is 0.769. The number of benzene rings is 1. The molecule has 0 amide bonds. The molecule has 1 aromatic heterocycles. The molecule has 0 fully saturated rings. The number of ether oxygens (including phenoxy) is 1. The summed E-state index contributed by atoms with van der Waals surface area (Å²) in [6.07, 6.45) is 1.57. The molecule has 0 spiro atoms.